The van der Waals surface area contributed by atoms with E-state index in [9.17, 15) is 9.90 Å². The molecule has 0 bridgehead atoms. The number of hydrogen-bond acceptors (Lipinski definition) is 4. The topological polar surface area (TPSA) is 64.3 Å². The Morgan fingerprint density at radius 3 is 2.59 bits per heavy atom. The number of thioether (sulfide) groups is 1. The summed E-state index contributed by atoms with van der Waals surface area (Å²) < 4.78 is 7.74. The van der Waals surface area contributed by atoms with E-state index in [1.165, 1.54) is 11.8 Å². The number of nitrogens with zero attached hydrogens (tertiary/aromatic N) is 2. The molecular weight excluding hydrogens is 475 g/mol. The molecule has 9 heteroatoms. The molecule has 1 aliphatic rings. The van der Waals surface area contributed by atoms with Gasteiger partial charge in [0.05, 0.1) is 27.9 Å². The summed E-state index contributed by atoms with van der Waals surface area (Å²) in [4.78, 5) is 12.4. The van der Waals surface area contributed by atoms with E-state index in [4.69, 9.17) is 27.9 Å². The molecule has 0 atom stereocenters. The predicted molar refractivity (Wildman–Crippen MR) is 110 cm³/mol. The number of aromatic nitrogens is 2. The van der Waals surface area contributed by atoms with Gasteiger partial charge in [-0.1, -0.05) is 23.2 Å². The molecule has 0 spiro atoms. The normalized spacial score (nSPS) is 12.4. The first-order valence-corrected chi connectivity index (χ1v) is 10.2. The summed E-state index contributed by atoms with van der Waals surface area (Å²) >= 11 is 17.2. The third kappa shape index (κ3) is 3.23. The number of halogens is 3. The second-order valence-corrected chi connectivity index (χ2v) is 8.52. The molecule has 1 N–H and O–H groups in total. The lowest BCUT2D eigenvalue weighted by molar-refractivity contribution is 0.0686. The monoisotopic (exact) mass is 484 g/mol. The molecule has 1 aromatic heterocycles. The van der Waals surface area contributed by atoms with E-state index in [-0.39, 0.29) is 5.69 Å². The second-order valence-electron chi connectivity index (χ2n) is 5.80. The lowest BCUT2D eigenvalue weighted by Gasteiger charge is -2.20. The fraction of sp³-hybridized carbons (Fsp3) is 0.111. The summed E-state index contributed by atoms with van der Waals surface area (Å²) in [5, 5.41) is 14.9. The van der Waals surface area contributed by atoms with Crippen LogP contribution in [-0.2, 0) is 5.75 Å². The van der Waals surface area contributed by atoms with Gasteiger partial charge >= 0.3 is 5.97 Å². The lowest BCUT2D eigenvalue weighted by Crippen LogP contribution is -2.04. The smallest absolute Gasteiger partial charge is 0.357 e. The number of rotatable bonds is 3. The Hall–Kier alpha value is -1.67. The minimum absolute atomic E-state index is 0.00342. The first-order valence-electron chi connectivity index (χ1n) is 7.71. The first-order chi connectivity index (χ1) is 12.9. The molecule has 1 aliphatic heterocycles. The Balaban J connectivity index is 2.03. The van der Waals surface area contributed by atoms with E-state index in [2.05, 4.69) is 21.0 Å². The van der Waals surface area contributed by atoms with Gasteiger partial charge < -0.3 is 9.84 Å². The first kappa shape index (κ1) is 18.7. The van der Waals surface area contributed by atoms with Gasteiger partial charge in [-0.3, -0.25) is 0 Å². The maximum atomic E-state index is 11.8. The van der Waals surface area contributed by atoms with Crippen LogP contribution in [0.2, 0.25) is 10.0 Å². The Morgan fingerprint density at radius 2 is 1.96 bits per heavy atom. The molecule has 0 unspecified atom stereocenters. The lowest BCUT2D eigenvalue weighted by atomic mass is 10.0. The Kier molecular flexibility index (Phi) is 4.88. The third-order valence-electron chi connectivity index (χ3n) is 4.14. The zero-order valence-corrected chi connectivity index (χ0v) is 17.7. The zero-order chi connectivity index (χ0) is 19.3. The number of methoxy groups -OCH3 is 1. The van der Waals surface area contributed by atoms with E-state index in [0.29, 0.717) is 37.8 Å². The summed E-state index contributed by atoms with van der Waals surface area (Å²) in [5.41, 5.74) is 3.20. The minimum Gasteiger partial charge on any atom is -0.496 e. The second kappa shape index (κ2) is 7.05. The SMILES string of the molecule is COc1cc2c(cc1Br)-c1c(c(C(=O)O)nn1-c1cc(Cl)cc(Cl)c1)SC2. The van der Waals surface area contributed by atoms with Crippen LogP contribution in [0.1, 0.15) is 16.1 Å². The average Bonchev–Trinajstić information content (AvgIpc) is 3.00. The number of aromatic carboxylic acids is 1. The Morgan fingerprint density at radius 1 is 1.26 bits per heavy atom. The van der Waals surface area contributed by atoms with Gasteiger partial charge in [0.15, 0.2) is 5.69 Å². The van der Waals surface area contributed by atoms with Crippen molar-refractivity contribution < 1.29 is 14.6 Å². The van der Waals surface area contributed by atoms with E-state index in [1.807, 2.05) is 12.1 Å². The van der Waals surface area contributed by atoms with Crippen molar-refractivity contribution in [3.05, 3.63) is 56.1 Å². The third-order valence-corrected chi connectivity index (χ3v) is 6.33. The summed E-state index contributed by atoms with van der Waals surface area (Å²) in [6, 6.07) is 8.87. The van der Waals surface area contributed by atoms with Crippen molar-refractivity contribution in [2.24, 2.45) is 0 Å². The molecule has 2 heterocycles. The fourth-order valence-corrected chi connectivity index (χ4v) is 5.16. The Bertz CT molecular complexity index is 1080. The standard InChI is InChI=1S/C18H11BrCl2N2O3S/c1-26-14-2-8-7-27-17-15(18(24)25)22-23(16(17)12(8)6-13(14)19)11-4-9(20)3-10(21)5-11/h2-6H,7H2,1H3,(H,24,25). The molecule has 0 aliphatic carbocycles. The molecule has 0 fully saturated rings. The number of fused-ring (bicyclic) bond motifs is 3. The maximum absolute atomic E-state index is 11.8. The zero-order valence-electron chi connectivity index (χ0n) is 13.8. The van der Waals surface area contributed by atoms with E-state index >= 15 is 0 Å². The number of carboxylic acid groups (broad SMARTS) is 1. The van der Waals surface area contributed by atoms with Crippen LogP contribution in [0.3, 0.4) is 0 Å². The average molecular weight is 486 g/mol. The minimum atomic E-state index is -1.08. The van der Waals surface area contributed by atoms with Gasteiger partial charge in [-0.2, -0.15) is 5.10 Å². The molecule has 2 aromatic carbocycles. The predicted octanol–water partition coefficient (Wildman–Crippen LogP) is 5.92. The van der Waals surface area contributed by atoms with Crippen molar-refractivity contribution in [3.8, 4) is 22.7 Å². The molecule has 0 radical (unpaired) electrons. The van der Waals surface area contributed by atoms with Crippen LogP contribution < -0.4 is 4.74 Å². The van der Waals surface area contributed by atoms with E-state index < -0.39 is 5.97 Å². The number of benzene rings is 2. The summed E-state index contributed by atoms with van der Waals surface area (Å²) in [5.74, 6) is 0.253. The summed E-state index contributed by atoms with van der Waals surface area (Å²) in [6.07, 6.45) is 0. The van der Waals surface area contributed by atoms with Crippen molar-refractivity contribution >= 4 is 56.9 Å². The van der Waals surface area contributed by atoms with Crippen LogP contribution in [0, 0.1) is 0 Å². The van der Waals surface area contributed by atoms with Crippen molar-refractivity contribution in [2.45, 2.75) is 10.6 Å². The molecule has 0 saturated carbocycles. The van der Waals surface area contributed by atoms with Crippen molar-refractivity contribution in [2.75, 3.05) is 7.11 Å². The van der Waals surface area contributed by atoms with Crippen molar-refractivity contribution in [1.82, 2.24) is 9.78 Å². The van der Waals surface area contributed by atoms with Crippen molar-refractivity contribution in [3.63, 3.8) is 0 Å². The van der Waals surface area contributed by atoms with Crippen LogP contribution in [-0.4, -0.2) is 28.0 Å². The molecule has 0 saturated heterocycles. The number of carboxylic acids is 1. The van der Waals surface area contributed by atoms with E-state index in [1.54, 1.807) is 30.0 Å². The van der Waals surface area contributed by atoms with Gasteiger partial charge in [0.2, 0.25) is 0 Å². The van der Waals surface area contributed by atoms with Crippen LogP contribution in [0.15, 0.2) is 39.7 Å². The van der Waals surface area contributed by atoms with Gasteiger partial charge in [0.25, 0.3) is 0 Å². The van der Waals surface area contributed by atoms with Crippen LogP contribution >= 0.6 is 50.9 Å². The van der Waals surface area contributed by atoms with Gasteiger partial charge in [-0.15, -0.1) is 11.8 Å². The highest BCUT2D eigenvalue weighted by atomic mass is 79.9. The fourth-order valence-electron chi connectivity index (χ4n) is 3.01. The largest absolute Gasteiger partial charge is 0.496 e. The molecular formula is C18H11BrCl2N2O3S. The van der Waals surface area contributed by atoms with Gasteiger partial charge in [-0.05, 0) is 51.8 Å². The number of ether oxygens (including phenoxy) is 1. The van der Waals surface area contributed by atoms with Crippen LogP contribution in [0.5, 0.6) is 5.75 Å². The molecule has 3 aromatic rings. The quantitative estimate of drug-likeness (QED) is 0.498. The number of hydrogen-bond donors (Lipinski definition) is 1. The summed E-state index contributed by atoms with van der Waals surface area (Å²) in [7, 11) is 1.61. The van der Waals surface area contributed by atoms with Gasteiger partial charge in [-0.25, -0.2) is 9.48 Å². The van der Waals surface area contributed by atoms with E-state index in [0.717, 1.165) is 15.6 Å². The molecule has 27 heavy (non-hydrogen) atoms. The Labute approximate surface area is 177 Å². The molecule has 0 amide bonds. The van der Waals surface area contributed by atoms with Crippen LogP contribution in [0.4, 0.5) is 0 Å². The van der Waals surface area contributed by atoms with Gasteiger partial charge in [0, 0.05) is 21.4 Å². The molecule has 138 valence electrons. The van der Waals surface area contributed by atoms with Gasteiger partial charge in [0.1, 0.15) is 5.75 Å². The highest BCUT2D eigenvalue weighted by Gasteiger charge is 2.30. The summed E-state index contributed by atoms with van der Waals surface area (Å²) in [6.45, 7) is 0. The van der Waals surface area contributed by atoms with Crippen LogP contribution in [0.25, 0.3) is 16.9 Å². The highest BCUT2D eigenvalue weighted by Crippen LogP contribution is 2.47. The molecule has 5 nitrogen and oxygen atoms in total. The molecule has 4 rings (SSSR count). The number of carbonyl (C=O) groups is 1. The maximum Gasteiger partial charge on any atom is 0.357 e. The van der Waals surface area contributed by atoms with Crippen molar-refractivity contribution in [1.29, 1.82) is 0 Å². The highest BCUT2D eigenvalue weighted by molar-refractivity contribution is 9.10.